The number of rotatable bonds is 6. The number of hydrogen-bond acceptors (Lipinski definition) is 0. The lowest BCUT2D eigenvalue weighted by atomic mass is 10.3. The molecule has 0 nitrogen and oxygen atoms in total. The van der Waals surface area contributed by atoms with E-state index in [2.05, 4.69) is 73.9 Å². The molecule has 19 heavy (non-hydrogen) atoms. The Morgan fingerprint density at radius 2 is 1.37 bits per heavy atom. The van der Waals surface area contributed by atoms with Gasteiger partial charge in [-0.25, -0.2) is 0 Å². The zero-order valence-corrected chi connectivity index (χ0v) is 12.5. The highest BCUT2D eigenvalue weighted by Gasteiger charge is 2.36. The van der Waals surface area contributed by atoms with E-state index in [-0.39, 0.29) is 0 Å². The van der Waals surface area contributed by atoms with Crippen LogP contribution < -0.4 is 10.6 Å². The molecule has 0 saturated carbocycles. The molecule has 0 heterocycles. The van der Waals surface area contributed by atoms with Crippen LogP contribution in [-0.2, 0) is 0 Å². The molecule has 0 aliphatic heterocycles. The zero-order chi connectivity index (χ0) is 13.6. The van der Waals surface area contributed by atoms with Crippen LogP contribution in [0.1, 0.15) is 12.8 Å². The van der Waals surface area contributed by atoms with Gasteiger partial charge in [0.05, 0.1) is 30.7 Å². The zero-order valence-electron chi connectivity index (χ0n) is 11.6. The van der Waals surface area contributed by atoms with Gasteiger partial charge in [0.1, 0.15) is 0 Å². The van der Waals surface area contributed by atoms with Crippen molar-refractivity contribution < 1.29 is 0 Å². The van der Waals surface area contributed by atoms with Gasteiger partial charge in [0.2, 0.25) is 0 Å². The minimum absolute atomic E-state index is 1.11. The summed E-state index contributed by atoms with van der Waals surface area (Å²) in [5.41, 5.74) is 0. The van der Waals surface area contributed by atoms with Gasteiger partial charge in [-0.2, -0.15) is 0 Å². The smallest absolute Gasteiger partial charge is 0.0988 e. The molecule has 0 bridgehead atoms. The molecule has 2 rings (SSSR count). The summed E-state index contributed by atoms with van der Waals surface area (Å²) in [7, 11) is -1.25. The number of hydrogen-bond donors (Lipinski definition) is 0. The summed E-state index contributed by atoms with van der Waals surface area (Å²) in [6.45, 7) is 6.30. The van der Waals surface area contributed by atoms with Crippen LogP contribution in [0.2, 0.25) is 0 Å². The fourth-order valence-corrected chi connectivity index (χ4v) is 5.76. The van der Waals surface area contributed by atoms with E-state index in [9.17, 15) is 0 Å². The average Bonchev–Trinajstić information content (AvgIpc) is 2.49. The number of unbranched alkanes of at least 4 members (excludes halogenated alkanes) is 1. The fourth-order valence-electron chi connectivity index (χ4n) is 2.47. The lowest BCUT2D eigenvalue weighted by Crippen LogP contribution is -2.23. The molecule has 98 valence electrons. The fraction of sp³-hybridized carbons (Fsp3) is 0.222. The molecule has 0 unspecified atom stereocenters. The number of benzene rings is 2. The van der Waals surface area contributed by atoms with Gasteiger partial charge in [-0.3, -0.25) is 0 Å². The molecule has 0 saturated heterocycles. The van der Waals surface area contributed by atoms with E-state index < -0.39 is 7.26 Å². The first-order valence-corrected chi connectivity index (χ1v) is 9.27. The Balaban J connectivity index is 2.35. The van der Waals surface area contributed by atoms with Crippen molar-refractivity contribution in [3.8, 4) is 0 Å². The molecule has 0 amide bonds. The van der Waals surface area contributed by atoms with Crippen LogP contribution in [-0.4, -0.2) is 12.8 Å². The Labute approximate surface area is 117 Å². The Morgan fingerprint density at radius 1 is 0.895 bits per heavy atom. The highest BCUT2D eigenvalue weighted by molar-refractivity contribution is 7.88. The lowest BCUT2D eigenvalue weighted by molar-refractivity contribution is 0.967. The second-order valence-electron chi connectivity index (χ2n) is 5.02. The Hall–Kier alpha value is -1.39. The Morgan fingerprint density at radius 3 is 1.79 bits per heavy atom. The summed E-state index contributed by atoms with van der Waals surface area (Å²) in [5, 5.41) is 3.01. The third-order valence-electron chi connectivity index (χ3n) is 3.67. The molecule has 2 aromatic rings. The van der Waals surface area contributed by atoms with Crippen molar-refractivity contribution in [3.63, 3.8) is 0 Å². The lowest BCUT2D eigenvalue weighted by Gasteiger charge is -2.23. The quantitative estimate of drug-likeness (QED) is 0.418. The molecular weight excluding hydrogens is 247 g/mol. The van der Waals surface area contributed by atoms with E-state index in [1.54, 1.807) is 0 Å². The summed E-state index contributed by atoms with van der Waals surface area (Å²) in [6, 6.07) is 22.0. The predicted octanol–water partition coefficient (Wildman–Crippen LogP) is 4.25. The largest absolute Gasteiger partial charge is 0.103 e. The molecule has 0 aromatic heterocycles. The van der Waals surface area contributed by atoms with Crippen molar-refractivity contribution in [2.24, 2.45) is 0 Å². The van der Waals surface area contributed by atoms with Gasteiger partial charge >= 0.3 is 0 Å². The van der Waals surface area contributed by atoms with Gasteiger partial charge in [-0.15, -0.1) is 6.58 Å². The first kappa shape index (κ1) is 14.0. The minimum atomic E-state index is -1.25. The molecule has 0 N–H and O–H groups in total. The van der Waals surface area contributed by atoms with Crippen LogP contribution in [0.25, 0.3) is 0 Å². The predicted molar refractivity (Wildman–Crippen MR) is 89.3 cm³/mol. The van der Waals surface area contributed by atoms with Crippen molar-refractivity contribution in [1.29, 1.82) is 0 Å². The highest BCUT2D eigenvalue weighted by atomic mass is 31.2. The second kappa shape index (κ2) is 6.68. The van der Waals surface area contributed by atoms with E-state index >= 15 is 0 Å². The van der Waals surface area contributed by atoms with Crippen molar-refractivity contribution in [2.75, 3.05) is 12.8 Å². The van der Waals surface area contributed by atoms with Crippen molar-refractivity contribution >= 4 is 17.9 Å². The maximum atomic E-state index is 3.84. The van der Waals surface area contributed by atoms with E-state index in [1.165, 1.54) is 23.2 Å². The minimum Gasteiger partial charge on any atom is -0.103 e. The summed E-state index contributed by atoms with van der Waals surface area (Å²) in [5.74, 6) is 0. The summed E-state index contributed by atoms with van der Waals surface area (Å²) < 4.78 is 0. The van der Waals surface area contributed by atoms with Crippen LogP contribution >= 0.6 is 7.26 Å². The Kier molecular flexibility index (Phi) is 4.93. The SMILES string of the molecule is C=CCCC[P+](C)(c1ccccc1)c1ccccc1. The molecule has 1 heteroatoms. The Bertz CT molecular complexity index is 462. The normalized spacial score (nSPS) is 11.2. The van der Waals surface area contributed by atoms with E-state index in [0.29, 0.717) is 0 Å². The molecule has 2 aromatic carbocycles. The topological polar surface area (TPSA) is 0 Å². The van der Waals surface area contributed by atoms with Gasteiger partial charge in [0.25, 0.3) is 0 Å². The maximum absolute atomic E-state index is 3.84. The van der Waals surface area contributed by atoms with Crippen molar-refractivity contribution in [1.82, 2.24) is 0 Å². The van der Waals surface area contributed by atoms with Crippen molar-refractivity contribution in [3.05, 3.63) is 73.3 Å². The first-order valence-electron chi connectivity index (χ1n) is 6.85. The van der Waals surface area contributed by atoms with Crippen LogP contribution in [0.15, 0.2) is 73.3 Å². The molecular formula is C18H22P+. The maximum Gasteiger partial charge on any atom is 0.0988 e. The van der Waals surface area contributed by atoms with E-state index in [4.69, 9.17) is 0 Å². The molecule has 0 fully saturated rings. The van der Waals surface area contributed by atoms with Crippen LogP contribution in [0.5, 0.6) is 0 Å². The van der Waals surface area contributed by atoms with Crippen LogP contribution in [0.4, 0.5) is 0 Å². The standard InChI is InChI=1S/C18H22P/c1-3-4-11-16-19(2,17-12-7-5-8-13-17)18-14-9-6-10-15-18/h3,5-10,12-15H,1,4,11,16H2,2H3/q+1. The highest BCUT2D eigenvalue weighted by Crippen LogP contribution is 2.53. The van der Waals surface area contributed by atoms with Crippen LogP contribution in [0, 0.1) is 0 Å². The van der Waals surface area contributed by atoms with Gasteiger partial charge in [-0.05, 0) is 37.1 Å². The molecule has 0 radical (unpaired) electrons. The third-order valence-corrected chi connectivity index (χ3v) is 7.75. The number of allylic oxidation sites excluding steroid dienone is 1. The van der Waals surface area contributed by atoms with Crippen molar-refractivity contribution in [2.45, 2.75) is 12.8 Å². The van der Waals surface area contributed by atoms with E-state index in [0.717, 1.165) is 6.42 Å². The summed E-state index contributed by atoms with van der Waals surface area (Å²) in [4.78, 5) is 0. The van der Waals surface area contributed by atoms with Gasteiger partial charge in [-0.1, -0.05) is 42.5 Å². The molecule has 0 atom stereocenters. The molecule has 0 aliphatic rings. The molecule has 0 spiro atoms. The third kappa shape index (κ3) is 3.33. The van der Waals surface area contributed by atoms with E-state index in [1.807, 2.05) is 6.08 Å². The summed E-state index contributed by atoms with van der Waals surface area (Å²) in [6.07, 6.45) is 5.61. The molecule has 0 aliphatic carbocycles. The second-order valence-corrected chi connectivity index (χ2v) is 8.88. The first-order chi connectivity index (χ1) is 9.27. The van der Waals surface area contributed by atoms with Gasteiger partial charge < -0.3 is 0 Å². The average molecular weight is 269 g/mol. The van der Waals surface area contributed by atoms with Gasteiger partial charge in [0.15, 0.2) is 0 Å². The monoisotopic (exact) mass is 269 g/mol. The summed E-state index contributed by atoms with van der Waals surface area (Å²) >= 11 is 0. The van der Waals surface area contributed by atoms with Crippen LogP contribution in [0.3, 0.4) is 0 Å². The van der Waals surface area contributed by atoms with Gasteiger partial charge in [0, 0.05) is 0 Å².